The van der Waals surface area contributed by atoms with Crippen LogP contribution < -0.4 is 0 Å². The van der Waals surface area contributed by atoms with Gasteiger partial charge in [-0.3, -0.25) is 9.80 Å². The van der Waals surface area contributed by atoms with E-state index in [1.54, 1.807) is 0 Å². The number of ether oxygens (including phenoxy) is 2. The Labute approximate surface area is 136 Å². The minimum absolute atomic E-state index is 0.732. The second kappa shape index (κ2) is 10.6. The monoisotopic (exact) mass is 313 g/mol. The van der Waals surface area contributed by atoms with Gasteiger partial charge in [-0.25, -0.2) is 0 Å². The molecule has 1 unspecified atom stereocenters. The zero-order valence-electron chi connectivity index (χ0n) is 14.6. The molecule has 5 nitrogen and oxygen atoms in total. The average molecular weight is 313 g/mol. The van der Waals surface area contributed by atoms with Crippen molar-refractivity contribution in [1.29, 1.82) is 0 Å². The van der Waals surface area contributed by atoms with Gasteiger partial charge in [-0.2, -0.15) is 0 Å². The van der Waals surface area contributed by atoms with E-state index in [4.69, 9.17) is 9.47 Å². The molecule has 0 aromatic carbocycles. The van der Waals surface area contributed by atoms with E-state index < -0.39 is 0 Å². The topological polar surface area (TPSA) is 28.2 Å². The maximum Gasteiger partial charge on any atom is 0.0594 e. The van der Waals surface area contributed by atoms with Crippen molar-refractivity contribution >= 4 is 0 Å². The number of unbranched alkanes of at least 4 members (excludes halogenated alkanes) is 1. The number of hydrogen-bond acceptors (Lipinski definition) is 5. The molecule has 0 N–H and O–H groups in total. The van der Waals surface area contributed by atoms with Crippen LogP contribution >= 0.6 is 0 Å². The largest absolute Gasteiger partial charge is 0.379 e. The predicted molar refractivity (Wildman–Crippen MR) is 90.5 cm³/mol. The van der Waals surface area contributed by atoms with Gasteiger partial charge in [0, 0.05) is 32.2 Å². The minimum Gasteiger partial charge on any atom is -0.379 e. The molecule has 0 amide bonds. The van der Waals surface area contributed by atoms with E-state index in [1.807, 2.05) is 0 Å². The number of nitrogens with zero attached hydrogens (tertiary/aromatic N) is 3. The van der Waals surface area contributed by atoms with Crippen molar-refractivity contribution in [3.8, 4) is 0 Å². The summed E-state index contributed by atoms with van der Waals surface area (Å²) in [5.41, 5.74) is 0. The summed E-state index contributed by atoms with van der Waals surface area (Å²) < 4.78 is 10.9. The van der Waals surface area contributed by atoms with Crippen LogP contribution in [0.25, 0.3) is 0 Å². The van der Waals surface area contributed by atoms with E-state index in [1.165, 1.54) is 38.8 Å². The second-order valence-corrected chi connectivity index (χ2v) is 6.84. The van der Waals surface area contributed by atoms with Crippen molar-refractivity contribution < 1.29 is 9.47 Å². The highest BCUT2D eigenvalue weighted by Crippen LogP contribution is 2.15. The molecule has 2 aliphatic heterocycles. The molecule has 2 fully saturated rings. The molecule has 0 bridgehead atoms. The molecule has 2 heterocycles. The van der Waals surface area contributed by atoms with Crippen LogP contribution in [0.1, 0.15) is 25.7 Å². The van der Waals surface area contributed by atoms with Crippen LogP contribution in [0.3, 0.4) is 0 Å². The number of hydrogen-bond donors (Lipinski definition) is 0. The highest BCUT2D eigenvalue weighted by Gasteiger charge is 2.20. The number of morpholine rings is 2. The summed E-state index contributed by atoms with van der Waals surface area (Å²) in [7, 11) is 4.35. The van der Waals surface area contributed by atoms with Gasteiger partial charge < -0.3 is 14.4 Å². The van der Waals surface area contributed by atoms with E-state index in [2.05, 4.69) is 28.8 Å². The summed E-state index contributed by atoms with van der Waals surface area (Å²) in [4.78, 5) is 7.51. The van der Waals surface area contributed by atoms with Gasteiger partial charge in [0.05, 0.1) is 26.4 Å². The molecule has 0 radical (unpaired) electrons. The first-order valence-electron chi connectivity index (χ1n) is 9.02. The third-order valence-electron chi connectivity index (χ3n) is 4.84. The van der Waals surface area contributed by atoms with Crippen molar-refractivity contribution in [3.05, 3.63) is 0 Å². The van der Waals surface area contributed by atoms with Gasteiger partial charge in [0.2, 0.25) is 0 Å². The van der Waals surface area contributed by atoms with Gasteiger partial charge in [0.15, 0.2) is 0 Å². The number of rotatable bonds is 9. The summed E-state index contributed by atoms with van der Waals surface area (Å²) in [6.07, 6.45) is 5.28. The summed E-state index contributed by atoms with van der Waals surface area (Å²) in [6.45, 7) is 10.5. The predicted octanol–water partition coefficient (Wildman–Crippen LogP) is 1.14. The Bertz CT molecular complexity index is 277. The maximum absolute atomic E-state index is 5.51. The molecule has 0 spiro atoms. The third-order valence-corrected chi connectivity index (χ3v) is 4.84. The fraction of sp³-hybridized carbons (Fsp3) is 1.00. The van der Waals surface area contributed by atoms with Crippen LogP contribution in [0.2, 0.25) is 0 Å². The molecule has 2 aliphatic rings. The first-order valence-corrected chi connectivity index (χ1v) is 9.02. The summed E-state index contributed by atoms with van der Waals surface area (Å²) in [6, 6.07) is 0.732. The Morgan fingerprint density at radius 1 is 0.864 bits per heavy atom. The Morgan fingerprint density at radius 2 is 1.50 bits per heavy atom. The van der Waals surface area contributed by atoms with Gasteiger partial charge in [0.1, 0.15) is 0 Å². The Balaban J connectivity index is 1.66. The lowest BCUT2D eigenvalue weighted by Crippen LogP contribution is -2.44. The lowest BCUT2D eigenvalue weighted by atomic mass is 10.0. The normalized spacial score (nSPS) is 23.0. The maximum atomic E-state index is 5.51. The van der Waals surface area contributed by atoms with Crippen molar-refractivity contribution in [2.75, 3.05) is 79.8 Å². The van der Waals surface area contributed by atoms with Gasteiger partial charge in [0.25, 0.3) is 0 Å². The molecular weight excluding hydrogens is 278 g/mol. The Morgan fingerprint density at radius 3 is 2.14 bits per heavy atom. The van der Waals surface area contributed by atoms with Gasteiger partial charge in [-0.05, 0) is 46.4 Å². The lowest BCUT2D eigenvalue weighted by molar-refractivity contribution is 0.0104. The lowest BCUT2D eigenvalue weighted by Gasteiger charge is -2.35. The standard InChI is InChI=1S/C17H35N3O2/c1-18(2)8-6-17(20-11-15-22-16-12-20)5-3-4-7-19-9-13-21-14-10-19/h17H,3-16H2,1-2H3. The molecule has 22 heavy (non-hydrogen) atoms. The van der Waals surface area contributed by atoms with E-state index in [0.29, 0.717) is 0 Å². The first-order chi connectivity index (χ1) is 10.8. The molecular formula is C17H35N3O2. The summed E-state index contributed by atoms with van der Waals surface area (Å²) in [5.74, 6) is 0. The van der Waals surface area contributed by atoms with Gasteiger partial charge >= 0.3 is 0 Å². The smallest absolute Gasteiger partial charge is 0.0594 e. The molecule has 0 aromatic heterocycles. The highest BCUT2D eigenvalue weighted by atomic mass is 16.5. The quantitative estimate of drug-likeness (QED) is 0.595. The minimum atomic E-state index is 0.732. The molecule has 1 atom stereocenters. The van der Waals surface area contributed by atoms with Crippen LogP contribution in [-0.4, -0.2) is 101 Å². The Hall–Kier alpha value is -0.200. The summed E-state index contributed by atoms with van der Waals surface area (Å²) in [5, 5.41) is 0. The highest BCUT2D eigenvalue weighted by molar-refractivity contribution is 4.75. The molecule has 2 rings (SSSR count). The van der Waals surface area contributed by atoms with E-state index in [-0.39, 0.29) is 0 Å². The zero-order chi connectivity index (χ0) is 15.6. The fourth-order valence-corrected chi connectivity index (χ4v) is 3.40. The molecule has 2 saturated heterocycles. The van der Waals surface area contributed by atoms with Crippen LogP contribution in [0.15, 0.2) is 0 Å². The molecule has 0 aromatic rings. The third kappa shape index (κ3) is 6.92. The van der Waals surface area contributed by atoms with Gasteiger partial charge in [-0.1, -0.05) is 6.42 Å². The zero-order valence-corrected chi connectivity index (χ0v) is 14.6. The van der Waals surface area contributed by atoms with Crippen molar-refractivity contribution in [2.24, 2.45) is 0 Å². The van der Waals surface area contributed by atoms with Gasteiger partial charge in [-0.15, -0.1) is 0 Å². The Kier molecular flexibility index (Phi) is 8.70. The first kappa shape index (κ1) is 18.1. The fourth-order valence-electron chi connectivity index (χ4n) is 3.40. The molecule has 0 saturated carbocycles. The summed E-state index contributed by atoms with van der Waals surface area (Å²) >= 11 is 0. The second-order valence-electron chi connectivity index (χ2n) is 6.84. The van der Waals surface area contributed by atoms with E-state index >= 15 is 0 Å². The molecule has 130 valence electrons. The van der Waals surface area contributed by atoms with Crippen LogP contribution in [0.5, 0.6) is 0 Å². The van der Waals surface area contributed by atoms with E-state index in [9.17, 15) is 0 Å². The van der Waals surface area contributed by atoms with Crippen molar-refractivity contribution in [3.63, 3.8) is 0 Å². The van der Waals surface area contributed by atoms with Crippen LogP contribution in [0, 0.1) is 0 Å². The van der Waals surface area contributed by atoms with E-state index in [0.717, 1.165) is 58.6 Å². The molecule has 5 heteroatoms. The SMILES string of the molecule is CN(C)CCC(CCCCN1CCOCC1)N1CCOCC1. The average Bonchev–Trinajstić information content (AvgIpc) is 2.56. The van der Waals surface area contributed by atoms with Crippen molar-refractivity contribution in [1.82, 2.24) is 14.7 Å². The van der Waals surface area contributed by atoms with Crippen LogP contribution in [0.4, 0.5) is 0 Å². The van der Waals surface area contributed by atoms with Crippen LogP contribution in [-0.2, 0) is 9.47 Å². The van der Waals surface area contributed by atoms with Crippen molar-refractivity contribution in [2.45, 2.75) is 31.7 Å². The molecule has 0 aliphatic carbocycles.